The molecular weight excluding hydrogens is 280 g/mol. The van der Waals surface area contributed by atoms with Gasteiger partial charge in [-0.2, -0.15) is 5.10 Å². The number of anilines is 1. The molecule has 22 heavy (non-hydrogen) atoms. The molecule has 1 aromatic rings. The number of aromatic nitrogens is 2. The van der Waals surface area contributed by atoms with Crippen LogP contribution in [0.5, 0.6) is 0 Å². The van der Waals surface area contributed by atoms with E-state index in [1.165, 1.54) is 0 Å². The lowest BCUT2D eigenvalue weighted by molar-refractivity contribution is 0.0172. The van der Waals surface area contributed by atoms with Gasteiger partial charge in [0.1, 0.15) is 11.4 Å². The molecule has 1 amide bonds. The normalized spacial score (nSPS) is 18.9. The number of carbonyl (C=O) groups excluding carboxylic acids is 1. The van der Waals surface area contributed by atoms with Crippen molar-refractivity contribution < 1.29 is 9.53 Å². The molecule has 1 N–H and O–H groups in total. The highest BCUT2D eigenvalue weighted by atomic mass is 16.6. The molecule has 0 bridgehead atoms. The average Bonchev–Trinajstić information content (AvgIpc) is 2.45. The molecule has 2 rings (SSSR count). The molecule has 1 atom stereocenters. The highest BCUT2D eigenvalue weighted by Gasteiger charge is 2.27. The third-order valence-corrected chi connectivity index (χ3v) is 3.54. The minimum atomic E-state index is -0.445. The zero-order valence-corrected chi connectivity index (χ0v) is 13.9. The summed E-state index contributed by atoms with van der Waals surface area (Å²) in [6.45, 7) is 9.88. The van der Waals surface area contributed by atoms with E-state index in [9.17, 15) is 4.79 Å². The highest BCUT2D eigenvalue weighted by molar-refractivity contribution is 5.68. The molecule has 0 saturated carbocycles. The lowest BCUT2D eigenvalue weighted by atomic mass is 9.98. The van der Waals surface area contributed by atoms with Gasteiger partial charge < -0.3 is 15.0 Å². The van der Waals surface area contributed by atoms with Crippen molar-refractivity contribution >= 4 is 11.9 Å². The quantitative estimate of drug-likeness (QED) is 0.930. The van der Waals surface area contributed by atoms with E-state index in [-0.39, 0.29) is 6.09 Å². The van der Waals surface area contributed by atoms with E-state index >= 15 is 0 Å². The van der Waals surface area contributed by atoms with Crippen molar-refractivity contribution in [1.29, 1.82) is 0 Å². The smallest absolute Gasteiger partial charge is 0.410 e. The van der Waals surface area contributed by atoms with E-state index < -0.39 is 5.60 Å². The summed E-state index contributed by atoms with van der Waals surface area (Å²) >= 11 is 0. The Balaban J connectivity index is 1.82. The van der Waals surface area contributed by atoms with Crippen molar-refractivity contribution in [3.8, 4) is 0 Å². The third kappa shape index (κ3) is 5.16. The second-order valence-electron chi connectivity index (χ2n) is 6.88. The molecule has 0 aliphatic carbocycles. The molecule has 122 valence electrons. The molecular formula is C16H26N4O2. The Kier molecular flexibility index (Phi) is 5.21. The van der Waals surface area contributed by atoms with Gasteiger partial charge in [0.2, 0.25) is 0 Å². The summed E-state index contributed by atoms with van der Waals surface area (Å²) in [7, 11) is 0. The first-order valence-electron chi connectivity index (χ1n) is 7.85. The second kappa shape index (κ2) is 6.94. The fourth-order valence-corrected chi connectivity index (χ4v) is 2.47. The summed E-state index contributed by atoms with van der Waals surface area (Å²) in [4.78, 5) is 13.9. The van der Waals surface area contributed by atoms with Crippen LogP contribution in [-0.4, -0.2) is 46.4 Å². The molecule has 1 saturated heterocycles. The molecule has 1 unspecified atom stereocenters. The number of nitrogens with zero attached hydrogens (tertiary/aromatic N) is 3. The largest absolute Gasteiger partial charge is 0.444 e. The molecule has 6 nitrogen and oxygen atoms in total. The van der Waals surface area contributed by atoms with Crippen molar-refractivity contribution in [3.63, 3.8) is 0 Å². The summed E-state index contributed by atoms with van der Waals surface area (Å²) in [5.74, 6) is 1.18. The van der Waals surface area contributed by atoms with Crippen LogP contribution in [0.15, 0.2) is 12.1 Å². The molecule has 6 heteroatoms. The molecule has 1 aliphatic rings. The Morgan fingerprint density at radius 1 is 1.41 bits per heavy atom. The number of piperidine rings is 1. The van der Waals surface area contributed by atoms with Crippen molar-refractivity contribution in [3.05, 3.63) is 17.8 Å². The number of rotatable bonds is 3. The maximum absolute atomic E-state index is 12.1. The van der Waals surface area contributed by atoms with E-state index in [0.717, 1.165) is 44.0 Å². The van der Waals surface area contributed by atoms with Crippen LogP contribution in [0.3, 0.4) is 0 Å². The van der Waals surface area contributed by atoms with E-state index in [1.807, 2.05) is 44.7 Å². The van der Waals surface area contributed by atoms with Crippen LogP contribution < -0.4 is 5.32 Å². The molecule has 0 spiro atoms. The van der Waals surface area contributed by atoms with Crippen molar-refractivity contribution in [1.82, 2.24) is 15.1 Å². The summed E-state index contributed by atoms with van der Waals surface area (Å²) in [5.41, 5.74) is 0.457. The first-order valence-corrected chi connectivity index (χ1v) is 7.85. The van der Waals surface area contributed by atoms with Gasteiger partial charge in [0, 0.05) is 19.6 Å². The molecule has 1 aromatic heterocycles. The van der Waals surface area contributed by atoms with E-state index in [0.29, 0.717) is 5.92 Å². The number of carbonyl (C=O) groups is 1. The maximum atomic E-state index is 12.1. The standard InChI is InChI=1S/C16H26N4O2/c1-12-7-8-14(19-18-12)17-10-13-6-5-9-20(11-13)15(21)22-16(2,3)4/h7-8,13H,5-6,9-11H2,1-4H3,(H,17,19). The summed E-state index contributed by atoms with van der Waals surface area (Å²) in [6.07, 6.45) is 1.89. The Morgan fingerprint density at radius 2 is 2.18 bits per heavy atom. The first kappa shape index (κ1) is 16.5. The van der Waals surface area contributed by atoms with E-state index in [1.54, 1.807) is 0 Å². The van der Waals surface area contributed by atoms with Gasteiger partial charge >= 0.3 is 6.09 Å². The van der Waals surface area contributed by atoms with Gasteiger partial charge in [-0.3, -0.25) is 0 Å². The molecule has 0 radical (unpaired) electrons. The van der Waals surface area contributed by atoms with Crippen LogP contribution in [-0.2, 0) is 4.74 Å². The fourth-order valence-electron chi connectivity index (χ4n) is 2.47. The Bertz CT molecular complexity index is 496. The zero-order chi connectivity index (χ0) is 16.2. The van der Waals surface area contributed by atoms with Crippen LogP contribution in [0.4, 0.5) is 10.6 Å². The Morgan fingerprint density at radius 3 is 2.82 bits per heavy atom. The lowest BCUT2D eigenvalue weighted by Gasteiger charge is -2.34. The van der Waals surface area contributed by atoms with Gasteiger partial charge in [-0.1, -0.05) is 0 Å². The predicted octanol–water partition coefficient (Wildman–Crippen LogP) is 2.84. The van der Waals surface area contributed by atoms with Crippen LogP contribution in [0, 0.1) is 12.8 Å². The molecule has 2 heterocycles. The number of likely N-dealkylation sites (tertiary alicyclic amines) is 1. The number of ether oxygens (including phenoxy) is 1. The minimum absolute atomic E-state index is 0.215. The monoisotopic (exact) mass is 306 g/mol. The van der Waals surface area contributed by atoms with Gasteiger partial charge in [0.25, 0.3) is 0 Å². The Hall–Kier alpha value is -1.85. The van der Waals surface area contributed by atoms with Crippen LogP contribution >= 0.6 is 0 Å². The minimum Gasteiger partial charge on any atom is -0.444 e. The highest BCUT2D eigenvalue weighted by Crippen LogP contribution is 2.19. The van der Waals surface area contributed by atoms with Gasteiger partial charge in [-0.05, 0) is 58.6 Å². The topological polar surface area (TPSA) is 67.4 Å². The molecule has 1 fully saturated rings. The SMILES string of the molecule is Cc1ccc(NCC2CCCN(C(=O)OC(C)(C)C)C2)nn1. The summed E-state index contributed by atoms with van der Waals surface area (Å²) < 4.78 is 5.45. The molecule has 1 aliphatic heterocycles. The van der Waals surface area contributed by atoms with Crippen LogP contribution in [0.1, 0.15) is 39.3 Å². The van der Waals surface area contributed by atoms with Gasteiger partial charge in [-0.25, -0.2) is 4.79 Å². The number of hydrogen-bond acceptors (Lipinski definition) is 5. The number of amides is 1. The number of hydrogen-bond donors (Lipinski definition) is 1. The van der Waals surface area contributed by atoms with Crippen molar-refractivity contribution in [2.75, 3.05) is 25.0 Å². The maximum Gasteiger partial charge on any atom is 0.410 e. The number of nitrogens with one attached hydrogen (secondary N) is 1. The van der Waals surface area contributed by atoms with Gasteiger partial charge in [-0.15, -0.1) is 5.10 Å². The fraction of sp³-hybridized carbons (Fsp3) is 0.688. The zero-order valence-electron chi connectivity index (χ0n) is 13.9. The van der Waals surface area contributed by atoms with Crippen molar-refractivity contribution in [2.45, 2.75) is 46.1 Å². The van der Waals surface area contributed by atoms with Crippen molar-refractivity contribution in [2.24, 2.45) is 5.92 Å². The van der Waals surface area contributed by atoms with Crippen LogP contribution in [0.2, 0.25) is 0 Å². The average molecular weight is 306 g/mol. The third-order valence-electron chi connectivity index (χ3n) is 3.54. The summed E-state index contributed by atoms with van der Waals surface area (Å²) in [6, 6.07) is 3.86. The van der Waals surface area contributed by atoms with E-state index in [2.05, 4.69) is 15.5 Å². The second-order valence-corrected chi connectivity index (χ2v) is 6.88. The van der Waals surface area contributed by atoms with Crippen LogP contribution in [0.25, 0.3) is 0 Å². The summed E-state index contributed by atoms with van der Waals surface area (Å²) in [5, 5.41) is 11.4. The van der Waals surface area contributed by atoms with Gasteiger partial charge in [0.15, 0.2) is 0 Å². The number of aryl methyl sites for hydroxylation is 1. The van der Waals surface area contributed by atoms with Gasteiger partial charge in [0.05, 0.1) is 5.69 Å². The van der Waals surface area contributed by atoms with E-state index in [4.69, 9.17) is 4.74 Å². The first-order chi connectivity index (χ1) is 10.3. The lowest BCUT2D eigenvalue weighted by Crippen LogP contribution is -2.44. The Labute approximate surface area is 132 Å². The predicted molar refractivity (Wildman–Crippen MR) is 85.8 cm³/mol. The molecule has 0 aromatic carbocycles.